The summed E-state index contributed by atoms with van der Waals surface area (Å²) in [6.07, 6.45) is 0.621. The molecule has 1 aromatic carbocycles. The largest absolute Gasteiger partial charge is 0.481 e. The standard InChI is InChI=1S/C13H13FN2O2/c14-12-4-9(6-15)3-10(5-12)7-16-2-1-11(8-16)13(17)18/h3-5,11H,1-2,7-8H2,(H,17,18). The highest BCUT2D eigenvalue weighted by Gasteiger charge is 2.27. The van der Waals surface area contributed by atoms with Crippen LogP contribution in [0.1, 0.15) is 17.5 Å². The van der Waals surface area contributed by atoms with Crippen LogP contribution in [0.25, 0.3) is 0 Å². The van der Waals surface area contributed by atoms with Crippen LogP contribution in [0.15, 0.2) is 18.2 Å². The number of rotatable bonds is 3. The van der Waals surface area contributed by atoms with Crippen molar-refractivity contribution < 1.29 is 14.3 Å². The van der Waals surface area contributed by atoms with Crippen LogP contribution in [-0.4, -0.2) is 29.1 Å². The average Bonchev–Trinajstić information content (AvgIpc) is 2.76. The van der Waals surface area contributed by atoms with Crippen molar-refractivity contribution in [1.82, 2.24) is 4.90 Å². The summed E-state index contributed by atoms with van der Waals surface area (Å²) in [5, 5.41) is 17.6. The summed E-state index contributed by atoms with van der Waals surface area (Å²) < 4.78 is 13.2. The highest BCUT2D eigenvalue weighted by atomic mass is 19.1. The van der Waals surface area contributed by atoms with Crippen LogP contribution in [0.4, 0.5) is 4.39 Å². The third kappa shape index (κ3) is 2.84. The smallest absolute Gasteiger partial charge is 0.307 e. The molecule has 0 aromatic heterocycles. The van der Waals surface area contributed by atoms with Gasteiger partial charge in [0.15, 0.2) is 0 Å². The predicted molar refractivity (Wildman–Crippen MR) is 62.1 cm³/mol. The second kappa shape index (κ2) is 5.15. The Morgan fingerprint density at radius 1 is 1.56 bits per heavy atom. The van der Waals surface area contributed by atoms with Crippen molar-refractivity contribution in [2.24, 2.45) is 5.92 Å². The summed E-state index contributed by atoms with van der Waals surface area (Å²) >= 11 is 0. The summed E-state index contributed by atoms with van der Waals surface area (Å²) in [5.41, 5.74) is 0.997. The molecule has 1 aliphatic rings. The summed E-state index contributed by atoms with van der Waals surface area (Å²) in [5.74, 6) is -1.55. The van der Waals surface area contributed by atoms with E-state index in [2.05, 4.69) is 0 Å². The number of carboxylic acid groups (broad SMARTS) is 1. The third-order valence-electron chi connectivity index (χ3n) is 3.11. The Morgan fingerprint density at radius 2 is 2.33 bits per heavy atom. The zero-order valence-corrected chi connectivity index (χ0v) is 9.77. The maximum absolute atomic E-state index is 13.2. The Balaban J connectivity index is 2.05. The summed E-state index contributed by atoms with van der Waals surface area (Å²) in [6, 6.07) is 6.12. The summed E-state index contributed by atoms with van der Waals surface area (Å²) in [4.78, 5) is 12.8. The molecule has 0 spiro atoms. The van der Waals surface area contributed by atoms with Gasteiger partial charge < -0.3 is 5.11 Å². The lowest BCUT2D eigenvalue weighted by molar-refractivity contribution is -0.141. The van der Waals surface area contributed by atoms with Crippen LogP contribution >= 0.6 is 0 Å². The zero-order chi connectivity index (χ0) is 13.1. The van der Waals surface area contributed by atoms with Gasteiger partial charge in [-0.05, 0) is 36.7 Å². The lowest BCUT2D eigenvalue weighted by Gasteiger charge is -2.15. The monoisotopic (exact) mass is 248 g/mol. The number of nitrogens with zero attached hydrogens (tertiary/aromatic N) is 2. The molecule has 0 bridgehead atoms. The number of aliphatic carboxylic acids is 1. The minimum absolute atomic E-state index is 0.291. The molecule has 1 heterocycles. The van der Waals surface area contributed by atoms with E-state index < -0.39 is 11.8 Å². The van der Waals surface area contributed by atoms with Gasteiger partial charge in [-0.15, -0.1) is 0 Å². The van der Waals surface area contributed by atoms with Crippen molar-refractivity contribution in [3.05, 3.63) is 35.1 Å². The Bertz CT molecular complexity index is 510. The van der Waals surface area contributed by atoms with Gasteiger partial charge in [-0.2, -0.15) is 5.26 Å². The highest BCUT2D eigenvalue weighted by molar-refractivity contribution is 5.70. The quantitative estimate of drug-likeness (QED) is 0.882. The summed E-state index contributed by atoms with van der Waals surface area (Å²) in [7, 11) is 0. The molecule has 2 rings (SSSR count). The van der Waals surface area contributed by atoms with Crippen LogP contribution in [0.3, 0.4) is 0 Å². The van der Waals surface area contributed by atoms with E-state index in [4.69, 9.17) is 10.4 Å². The lowest BCUT2D eigenvalue weighted by Crippen LogP contribution is -2.22. The van der Waals surface area contributed by atoms with E-state index in [0.29, 0.717) is 37.2 Å². The zero-order valence-electron chi connectivity index (χ0n) is 9.77. The van der Waals surface area contributed by atoms with Crippen molar-refractivity contribution >= 4 is 5.97 Å². The molecule has 1 atom stereocenters. The maximum Gasteiger partial charge on any atom is 0.307 e. The molecule has 0 radical (unpaired) electrons. The number of likely N-dealkylation sites (tertiary alicyclic amines) is 1. The molecule has 4 nitrogen and oxygen atoms in total. The first kappa shape index (κ1) is 12.5. The Hall–Kier alpha value is -1.93. The van der Waals surface area contributed by atoms with Crippen LogP contribution in [-0.2, 0) is 11.3 Å². The number of nitriles is 1. The normalized spacial score (nSPS) is 19.7. The molecule has 1 aromatic rings. The molecular weight excluding hydrogens is 235 g/mol. The third-order valence-corrected chi connectivity index (χ3v) is 3.11. The van der Waals surface area contributed by atoms with E-state index in [1.807, 2.05) is 11.0 Å². The van der Waals surface area contributed by atoms with Crippen molar-refractivity contribution in [3.63, 3.8) is 0 Å². The maximum atomic E-state index is 13.2. The second-order valence-corrected chi connectivity index (χ2v) is 4.52. The Morgan fingerprint density at radius 3 is 2.94 bits per heavy atom. The van der Waals surface area contributed by atoms with Gasteiger partial charge in [0.2, 0.25) is 0 Å². The molecule has 1 unspecified atom stereocenters. The van der Waals surface area contributed by atoms with Crippen molar-refractivity contribution in [3.8, 4) is 6.07 Å². The SMILES string of the molecule is N#Cc1cc(F)cc(CN2CCC(C(=O)O)C2)c1. The predicted octanol–water partition coefficient (Wildman–Crippen LogP) is 1.60. The fourth-order valence-corrected chi connectivity index (χ4v) is 2.24. The fraction of sp³-hybridized carbons (Fsp3) is 0.385. The molecule has 0 amide bonds. The molecule has 1 aliphatic heterocycles. The first-order chi connectivity index (χ1) is 8.58. The molecule has 94 valence electrons. The molecular formula is C13H13FN2O2. The van der Waals surface area contributed by atoms with Gasteiger partial charge in [0.05, 0.1) is 17.6 Å². The first-order valence-corrected chi connectivity index (χ1v) is 5.73. The fourth-order valence-electron chi connectivity index (χ4n) is 2.24. The van der Waals surface area contributed by atoms with Crippen molar-refractivity contribution in [2.45, 2.75) is 13.0 Å². The van der Waals surface area contributed by atoms with E-state index in [0.717, 1.165) is 0 Å². The molecule has 0 aliphatic carbocycles. The number of benzene rings is 1. The van der Waals surface area contributed by atoms with Gasteiger partial charge in [-0.3, -0.25) is 9.69 Å². The number of hydrogen-bond donors (Lipinski definition) is 1. The summed E-state index contributed by atoms with van der Waals surface area (Å²) in [6.45, 7) is 1.65. The first-order valence-electron chi connectivity index (χ1n) is 5.73. The van der Waals surface area contributed by atoms with E-state index >= 15 is 0 Å². The number of hydrogen-bond acceptors (Lipinski definition) is 3. The number of halogens is 1. The van der Waals surface area contributed by atoms with Gasteiger partial charge in [-0.1, -0.05) is 0 Å². The molecule has 1 saturated heterocycles. The van der Waals surface area contributed by atoms with E-state index in [-0.39, 0.29) is 5.92 Å². The van der Waals surface area contributed by atoms with Gasteiger partial charge in [-0.25, -0.2) is 4.39 Å². The molecule has 5 heteroatoms. The minimum Gasteiger partial charge on any atom is -0.481 e. The molecule has 0 saturated carbocycles. The van der Waals surface area contributed by atoms with Crippen LogP contribution < -0.4 is 0 Å². The second-order valence-electron chi connectivity index (χ2n) is 4.52. The van der Waals surface area contributed by atoms with Crippen LogP contribution in [0.2, 0.25) is 0 Å². The van der Waals surface area contributed by atoms with Crippen LogP contribution in [0.5, 0.6) is 0 Å². The van der Waals surface area contributed by atoms with E-state index in [1.165, 1.54) is 12.1 Å². The van der Waals surface area contributed by atoms with Gasteiger partial charge in [0.1, 0.15) is 5.82 Å². The average molecular weight is 248 g/mol. The van der Waals surface area contributed by atoms with Crippen LogP contribution in [0, 0.1) is 23.1 Å². The molecule has 18 heavy (non-hydrogen) atoms. The van der Waals surface area contributed by atoms with Crippen molar-refractivity contribution in [2.75, 3.05) is 13.1 Å². The number of carboxylic acids is 1. The minimum atomic E-state index is -0.783. The molecule has 1 fully saturated rings. The van der Waals surface area contributed by atoms with Gasteiger partial charge in [0.25, 0.3) is 0 Å². The topological polar surface area (TPSA) is 64.3 Å². The van der Waals surface area contributed by atoms with Gasteiger partial charge in [0, 0.05) is 13.1 Å². The lowest BCUT2D eigenvalue weighted by atomic mass is 10.1. The van der Waals surface area contributed by atoms with E-state index in [9.17, 15) is 9.18 Å². The van der Waals surface area contributed by atoms with Gasteiger partial charge >= 0.3 is 5.97 Å². The Labute approximate surface area is 104 Å². The van der Waals surface area contributed by atoms with E-state index in [1.54, 1.807) is 6.07 Å². The number of carbonyl (C=O) groups is 1. The van der Waals surface area contributed by atoms with Crippen molar-refractivity contribution in [1.29, 1.82) is 5.26 Å². The highest BCUT2D eigenvalue weighted by Crippen LogP contribution is 2.19. The Kier molecular flexibility index (Phi) is 3.58. The molecule has 1 N–H and O–H groups in total.